The number of piperidine rings is 1. The lowest BCUT2D eigenvalue weighted by Crippen LogP contribution is -3.12. The zero-order valence-electron chi connectivity index (χ0n) is 7.24. The molecule has 0 unspecified atom stereocenters. The van der Waals surface area contributed by atoms with E-state index in [1.165, 1.54) is 25.9 Å². The number of nitrogens with two attached hydrogens (primary N) is 1. The molecule has 3 N–H and O–H groups in total. The molecule has 0 saturated carbocycles. The SMILES string of the molecule is C[NH+](C)C1CC[NH2+]CC1.[Cl-].[Cl-]. The predicted molar refractivity (Wildman–Crippen MR) is 37.5 cm³/mol. The van der Waals surface area contributed by atoms with Crippen LogP contribution in [0.4, 0.5) is 0 Å². The molecule has 0 aromatic heterocycles. The van der Waals surface area contributed by atoms with Crippen molar-refractivity contribution in [3.63, 3.8) is 0 Å². The van der Waals surface area contributed by atoms with Crippen LogP contribution in [0.1, 0.15) is 12.8 Å². The number of rotatable bonds is 1. The largest absolute Gasteiger partial charge is 1.00 e. The molecule has 0 aliphatic carbocycles. The van der Waals surface area contributed by atoms with Crippen LogP contribution >= 0.6 is 0 Å². The minimum atomic E-state index is 0. The highest BCUT2D eigenvalue weighted by Crippen LogP contribution is 1.91. The van der Waals surface area contributed by atoms with Crippen molar-refractivity contribution in [2.24, 2.45) is 0 Å². The van der Waals surface area contributed by atoms with Crippen molar-refractivity contribution in [3.8, 4) is 0 Å². The number of hydrogen-bond donors (Lipinski definition) is 2. The Morgan fingerprint density at radius 1 is 1.09 bits per heavy atom. The van der Waals surface area contributed by atoms with Crippen molar-refractivity contribution in [3.05, 3.63) is 0 Å². The van der Waals surface area contributed by atoms with E-state index in [0.717, 1.165) is 6.04 Å². The molecule has 0 radical (unpaired) electrons. The molecule has 0 bridgehead atoms. The Morgan fingerprint density at radius 3 is 1.82 bits per heavy atom. The number of quaternary nitrogens is 2. The summed E-state index contributed by atoms with van der Waals surface area (Å²) >= 11 is 0. The first-order valence-electron chi connectivity index (χ1n) is 3.92. The second-order valence-electron chi connectivity index (χ2n) is 3.22. The Morgan fingerprint density at radius 2 is 1.55 bits per heavy atom. The third kappa shape index (κ3) is 4.86. The summed E-state index contributed by atoms with van der Waals surface area (Å²) in [6, 6.07) is 0.940. The number of halogens is 2. The highest BCUT2D eigenvalue weighted by molar-refractivity contribution is 4.55. The summed E-state index contributed by atoms with van der Waals surface area (Å²) in [6.07, 6.45) is 2.81. The van der Waals surface area contributed by atoms with Crippen LogP contribution in [0.2, 0.25) is 0 Å². The Hall–Kier alpha value is 0.500. The van der Waals surface area contributed by atoms with Crippen LogP contribution in [-0.2, 0) is 0 Å². The normalized spacial score (nSPS) is 18.8. The third-order valence-electron chi connectivity index (χ3n) is 2.26. The summed E-state index contributed by atoms with van der Waals surface area (Å²) in [7, 11) is 4.52. The van der Waals surface area contributed by atoms with Crippen molar-refractivity contribution < 1.29 is 35.0 Å². The van der Waals surface area contributed by atoms with Crippen molar-refractivity contribution >= 4 is 0 Å². The molecule has 1 heterocycles. The second-order valence-corrected chi connectivity index (χ2v) is 3.22. The van der Waals surface area contributed by atoms with Gasteiger partial charge in [-0.15, -0.1) is 0 Å². The maximum Gasteiger partial charge on any atom is 0.0979 e. The van der Waals surface area contributed by atoms with Gasteiger partial charge in [-0.2, -0.15) is 0 Å². The van der Waals surface area contributed by atoms with Gasteiger partial charge in [-0.25, -0.2) is 0 Å². The Balaban J connectivity index is 0. The summed E-state index contributed by atoms with van der Waals surface area (Å²) in [5, 5.41) is 2.42. The average Bonchev–Trinajstić information content (AvgIpc) is 1.90. The minimum absolute atomic E-state index is 0. The fourth-order valence-electron chi connectivity index (χ4n) is 1.50. The van der Waals surface area contributed by atoms with Gasteiger partial charge in [0, 0.05) is 12.8 Å². The molecule has 0 aromatic rings. The van der Waals surface area contributed by atoms with Crippen molar-refractivity contribution in [1.29, 1.82) is 0 Å². The Bertz CT molecular complexity index is 82.5. The lowest BCUT2D eigenvalue weighted by molar-refractivity contribution is -0.894. The van der Waals surface area contributed by atoms with Crippen molar-refractivity contribution in [1.82, 2.24) is 0 Å². The van der Waals surface area contributed by atoms with Gasteiger partial charge in [0.1, 0.15) is 0 Å². The van der Waals surface area contributed by atoms with Crippen molar-refractivity contribution in [2.75, 3.05) is 27.2 Å². The first-order valence-corrected chi connectivity index (χ1v) is 3.92. The summed E-state index contributed by atoms with van der Waals surface area (Å²) in [6.45, 7) is 2.69. The van der Waals surface area contributed by atoms with Gasteiger partial charge in [0.2, 0.25) is 0 Å². The smallest absolute Gasteiger partial charge is 0.0979 e. The molecule has 1 aliphatic heterocycles. The van der Waals surface area contributed by atoms with Crippen LogP contribution in [0.15, 0.2) is 0 Å². The molecular formula is C7H18Cl2N2. The predicted octanol–water partition coefficient (Wildman–Crippen LogP) is -8.14. The maximum atomic E-state index is 2.42. The van der Waals surface area contributed by atoms with Gasteiger partial charge in [-0.1, -0.05) is 0 Å². The van der Waals surface area contributed by atoms with Crippen LogP contribution in [0.25, 0.3) is 0 Å². The van der Waals surface area contributed by atoms with Crippen LogP contribution in [0, 0.1) is 0 Å². The van der Waals surface area contributed by atoms with E-state index in [-0.39, 0.29) is 24.8 Å². The van der Waals surface area contributed by atoms with Gasteiger partial charge in [0.25, 0.3) is 0 Å². The molecule has 2 nitrogen and oxygen atoms in total. The van der Waals surface area contributed by atoms with Crippen LogP contribution in [0.5, 0.6) is 0 Å². The molecule has 1 aliphatic rings. The van der Waals surface area contributed by atoms with Crippen molar-refractivity contribution in [2.45, 2.75) is 18.9 Å². The molecule has 70 valence electrons. The van der Waals surface area contributed by atoms with E-state index >= 15 is 0 Å². The lowest BCUT2D eigenvalue weighted by Gasteiger charge is -2.23. The molecule has 0 aromatic carbocycles. The summed E-state index contributed by atoms with van der Waals surface area (Å²) in [4.78, 5) is 1.63. The lowest BCUT2D eigenvalue weighted by atomic mass is 10.1. The van der Waals surface area contributed by atoms with Gasteiger partial charge in [-0.3, -0.25) is 0 Å². The average molecular weight is 201 g/mol. The van der Waals surface area contributed by atoms with E-state index in [2.05, 4.69) is 19.4 Å². The van der Waals surface area contributed by atoms with E-state index in [1.54, 1.807) is 4.90 Å². The fraction of sp³-hybridized carbons (Fsp3) is 1.00. The molecule has 11 heavy (non-hydrogen) atoms. The number of hydrogen-bond acceptors (Lipinski definition) is 0. The van der Waals surface area contributed by atoms with Crippen LogP contribution in [-0.4, -0.2) is 33.2 Å². The van der Waals surface area contributed by atoms with E-state index in [0.29, 0.717) is 0 Å². The van der Waals surface area contributed by atoms with E-state index in [1.807, 2.05) is 0 Å². The molecule has 1 rings (SSSR count). The topological polar surface area (TPSA) is 21.1 Å². The summed E-state index contributed by atoms with van der Waals surface area (Å²) < 4.78 is 0. The van der Waals surface area contributed by atoms with Crippen LogP contribution in [0.3, 0.4) is 0 Å². The Labute approximate surface area is 81.5 Å². The van der Waals surface area contributed by atoms with Crippen LogP contribution < -0.4 is 35.0 Å². The quantitative estimate of drug-likeness (QED) is 0.420. The van der Waals surface area contributed by atoms with Gasteiger partial charge >= 0.3 is 0 Å². The maximum absolute atomic E-state index is 2.42. The molecule has 0 spiro atoms. The zero-order valence-corrected chi connectivity index (χ0v) is 8.75. The third-order valence-corrected chi connectivity index (χ3v) is 2.26. The van der Waals surface area contributed by atoms with Gasteiger partial charge < -0.3 is 35.0 Å². The fourth-order valence-corrected chi connectivity index (χ4v) is 1.50. The molecule has 0 amide bonds. The minimum Gasteiger partial charge on any atom is -1.00 e. The standard InChI is InChI=1S/C7H16N2.2ClH/c1-9(2)7-3-5-8-6-4-7;;/h7-8H,3-6H2,1-2H3;2*1H. The highest BCUT2D eigenvalue weighted by atomic mass is 35.5. The molecule has 0 atom stereocenters. The zero-order chi connectivity index (χ0) is 6.69. The first kappa shape index (κ1) is 14.0. The van der Waals surface area contributed by atoms with E-state index in [9.17, 15) is 0 Å². The van der Waals surface area contributed by atoms with Gasteiger partial charge in [0.15, 0.2) is 0 Å². The molecule has 4 heteroatoms. The highest BCUT2D eigenvalue weighted by Gasteiger charge is 2.19. The van der Waals surface area contributed by atoms with Gasteiger partial charge in [-0.05, 0) is 0 Å². The van der Waals surface area contributed by atoms with E-state index < -0.39 is 0 Å². The van der Waals surface area contributed by atoms with E-state index in [4.69, 9.17) is 0 Å². The summed E-state index contributed by atoms with van der Waals surface area (Å²) in [5.41, 5.74) is 0. The molecule has 1 saturated heterocycles. The monoisotopic (exact) mass is 200 g/mol. The van der Waals surface area contributed by atoms with Gasteiger partial charge in [0.05, 0.1) is 33.2 Å². The number of nitrogens with one attached hydrogen (secondary N) is 1. The Kier molecular flexibility index (Phi) is 9.15. The second kappa shape index (κ2) is 7.17. The summed E-state index contributed by atoms with van der Waals surface area (Å²) in [5.74, 6) is 0. The molecule has 1 fully saturated rings. The molecular weight excluding hydrogens is 183 g/mol. The first-order chi connectivity index (χ1) is 4.30.